The predicted molar refractivity (Wildman–Crippen MR) is 100 cm³/mol. The highest BCUT2D eigenvalue weighted by molar-refractivity contribution is 6.31. The second-order valence-corrected chi connectivity index (χ2v) is 6.36. The van der Waals surface area contributed by atoms with Gasteiger partial charge < -0.3 is 15.4 Å². The Morgan fingerprint density at radius 2 is 1.92 bits per heavy atom. The van der Waals surface area contributed by atoms with Gasteiger partial charge in [-0.25, -0.2) is 9.97 Å². The molecule has 2 N–H and O–H groups in total. The van der Waals surface area contributed by atoms with Gasteiger partial charge in [-0.1, -0.05) is 29.8 Å². The first-order valence-corrected chi connectivity index (χ1v) is 8.98. The Hall–Kier alpha value is -2.22. The summed E-state index contributed by atoms with van der Waals surface area (Å²) in [6.07, 6.45) is 3.04. The summed E-state index contributed by atoms with van der Waals surface area (Å²) in [5.74, 6) is 0.283. The smallest absolute Gasteiger partial charge is 0.254 e. The average molecular weight is 376 g/mol. The van der Waals surface area contributed by atoms with E-state index in [1.807, 2.05) is 18.2 Å². The topological polar surface area (TPSA) is 79.4 Å². The quantitative estimate of drug-likeness (QED) is 0.768. The minimum Gasteiger partial charge on any atom is -0.379 e. The van der Waals surface area contributed by atoms with Crippen LogP contribution >= 0.6 is 11.6 Å². The number of amides is 1. The third kappa shape index (κ3) is 5.39. The van der Waals surface area contributed by atoms with Gasteiger partial charge in [0.2, 0.25) is 5.95 Å². The van der Waals surface area contributed by atoms with Gasteiger partial charge in [0, 0.05) is 50.1 Å². The molecular weight excluding hydrogens is 354 g/mol. The molecule has 1 aliphatic heterocycles. The Labute approximate surface area is 157 Å². The number of anilines is 1. The van der Waals surface area contributed by atoms with E-state index in [1.54, 1.807) is 6.07 Å². The van der Waals surface area contributed by atoms with E-state index in [0.717, 1.165) is 45.0 Å². The molecule has 8 heteroatoms. The summed E-state index contributed by atoms with van der Waals surface area (Å²) in [5.41, 5.74) is 1.28. The lowest BCUT2D eigenvalue weighted by Crippen LogP contribution is -2.39. The first kappa shape index (κ1) is 18.6. The molecule has 0 bridgehead atoms. The van der Waals surface area contributed by atoms with Crippen LogP contribution in [0.25, 0.3) is 0 Å². The summed E-state index contributed by atoms with van der Waals surface area (Å²) in [6, 6.07) is 7.41. The number of rotatable bonds is 7. The van der Waals surface area contributed by atoms with Crippen LogP contribution in [0.3, 0.4) is 0 Å². The highest BCUT2D eigenvalue weighted by Crippen LogP contribution is 2.14. The molecule has 26 heavy (non-hydrogen) atoms. The molecule has 1 fully saturated rings. The molecule has 3 rings (SSSR count). The summed E-state index contributed by atoms with van der Waals surface area (Å²) in [6.45, 7) is 5.49. The number of morpholine rings is 1. The van der Waals surface area contributed by atoms with E-state index in [1.165, 1.54) is 12.4 Å². The molecule has 0 atom stereocenters. The zero-order chi connectivity index (χ0) is 18.2. The normalized spacial score (nSPS) is 14.8. The first-order valence-electron chi connectivity index (χ1n) is 8.60. The molecular formula is C18H22ClN5O2. The Bertz CT molecular complexity index is 720. The Morgan fingerprint density at radius 1 is 1.19 bits per heavy atom. The number of halogens is 1. The van der Waals surface area contributed by atoms with Gasteiger partial charge in [0.1, 0.15) is 0 Å². The van der Waals surface area contributed by atoms with Crippen molar-refractivity contribution in [2.24, 2.45) is 0 Å². The molecule has 1 saturated heterocycles. The fraction of sp³-hybridized carbons (Fsp3) is 0.389. The molecule has 1 aromatic carbocycles. The van der Waals surface area contributed by atoms with Crippen LogP contribution in [0.2, 0.25) is 5.02 Å². The van der Waals surface area contributed by atoms with Crippen molar-refractivity contribution in [3.8, 4) is 0 Å². The summed E-state index contributed by atoms with van der Waals surface area (Å²) >= 11 is 6.08. The molecule has 7 nitrogen and oxygen atoms in total. The van der Waals surface area contributed by atoms with Crippen LogP contribution in [0.1, 0.15) is 15.9 Å². The minimum atomic E-state index is -0.232. The molecule has 0 radical (unpaired) electrons. The molecule has 138 valence electrons. The number of nitrogens with one attached hydrogen (secondary N) is 2. The number of nitrogens with zero attached hydrogens (tertiary/aromatic N) is 3. The molecule has 2 heterocycles. The maximum absolute atomic E-state index is 12.2. The van der Waals surface area contributed by atoms with Gasteiger partial charge in [-0.3, -0.25) is 9.69 Å². The third-order valence-corrected chi connectivity index (χ3v) is 4.49. The molecule has 1 aliphatic rings. The zero-order valence-corrected chi connectivity index (χ0v) is 15.2. The second kappa shape index (κ2) is 9.47. The zero-order valence-electron chi connectivity index (χ0n) is 14.4. The summed E-state index contributed by atoms with van der Waals surface area (Å²) in [7, 11) is 0. The van der Waals surface area contributed by atoms with Gasteiger partial charge in [0.15, 0.2) is 0 Å². The Balaban J connectivity index is 1.44. The minimum absolute atomic E-state index is 0.232. The maximum atomic E-state index is 12.2. The van der Waals surface area contributed by atoms with E-state index in [9.17, 15) is 4.79 Å². The van der Waals surface area contributed by atoms with Crippen molar-refractivity contribution < 1.29 is 9.53 Å². The second-order valence-electron chi connectivity index (χ2n) is 5.95. The molecule has 0 unspecified atom stereocenters. The maximum Gasteiger partial charge on any atom is 0.254 e. The van der Waals surface area contributed by atoms with Crippen LogP contribution in [0.4, 0.5) is 5.95 Å². The van der Waals surface area contributed by atoms with E-state index < -0.39 is 0 Å². The number of aromatic nitrogens is 2. The highest BCUT2D eigenvalue weighted by Gasteiger charge is 2.10. The van der Waals surface area contributed by atoms with Crippen molar-refractivity contribution in [3.63, 3.8) is 0 Å². The standard InChI is InChI=1S/C18H22ClN5O2/c19-16-4-2-1-3-14(16)11-21-17(25)15-12-22-18(23-13-15)20-5-6-24-7-9-26-10-8-24/h1-4,12-13H,5-11H2,(H,21,25)(H,20,22,23). The van der Waals surface area contributed by atoms with Crippen LogP contribution in [0.15, 0.2) is 36.7 Å². The van der Waals surface area contributed by atoms with Crippen molar-refractivity contribution in [3.05, 3.63) is 52.8 Å². The first-order chi connectivity index (χ1) is 12.7. The van der Waals surface area contributed by atoms with Crippen molar-refractivity contribution in [2.75, 3.05) is 44.7 Å². The van der Waals surface area contributed by atoms with Crippen molar-refractivity contribution in [1.29, 1.82) is 0 Å². The van der Waals surface area contributed by atoms with Gasteiger partial charge in [-0.15, -0.1) is 0 Å². The van der Waals surface area contributed by atoms with Gasteiger partial charge in [-0.05, 0) is 11.6 Å². The number of carbonyl (C=O) groups excluding carboxylic acids is 1. The number of hydrogen-bond acceptors (Lipinski definition) is 6. The predicted octanol–water partition coefficient (Wildman–Crippen LogP) is 1.80. The summed E-state index contributed by atoms with van der Waals surface area (Å²) in [4.78, 5) is 22.9. The monoisotopic (exact) mass is 375 g/mol. The Kier molecular flexibility index (Phi) is 6.76. The lowest BCUT2D eigenvalue weighted by molar-refractivity contribution is 0.0398. The lowest BCUT2D eigenvalue weighted by Gasteiger charge is -2.26. The van der Waals surface area contributed by atoms with E-state index in [2.05, 4.69) is 25.5 Å². The van der Waals surface area contributed by atoms with Gasteiger partial charge >= 0.3 is 0 Å². The number of benzene rings is 1. The third-order valence-electron chi connectivity index (χ3n) is 4.13. The van der Waals surface area contributed by atoms with Crippen molar-refractivity contribution in [1.82, 2.24) is 20.2 Å². The van der Waals surface area contributed by atoms with Crippen LogP contribution in [-0.4, -0.2) is 60.2 Å². The molecule has 0 saturated carbocycles. The number of ether oxygens (including phenoxy) is 1. The highest BCUT2D eigenvalue weighted by atomic mass is 35.5. The van der Waals surface area contributed by atoms with E-state index >= 15 is 0 Å². The van der Waals surface area contributed by atoms with Crippen molar-refractivity contribution in [2.45, 2.75) is 6.54 Å². The van der Waals surface area contributed by atoms with Crippen molar-refractivity contribution >= 4 is 23.5 Å². The fourth-order valence-corrected chi connectivity index (χ4v) is 2.81. The van der Waals surface area contributed by atoms with E-state index in [0.29, 0.717) is 23.1 Å². The van der Waals surface area contributed by atoms with Crippen LogP contribution < -0.4 is 10.6 Å². The molecule has 0 aliphatic carbocycles. The summed E-state index contributed by atoms with van der Waals surface area (Å²) in [5, 5.41) is 6.62. The van der Waals surface area contributed by atoms with Gasteiger partial charge in [-0.2, -0.15) is 0 Å². The van der Waals surface area contributed by atoms with Crippen LogP contribution in [0, 0.1) is 0 Å². The van der Waals surface area contributed by atoms with E-state index in [4.69, 9.17) is 16.3 Å². The summed E-state index contributed by atoms with van der Waals surface area (Å²) < 4.78 is 5.32. The van der Waals surface area contributed by atoms with Crippen LogP contribution in [-0.2, 0) is 11.3 Å². The Morgan fingerprint density at radius 3 is 2.65 bits per heavy atom. The van der Waals surface area contributed by atoms with Gasteiger partial charge in [0.25, 0.3) is 5.91 Å². The lowest BCUT2D eigenvalue weighted by atomic mass is 10.2. The fourth-order valence-electron chi connectivity index (χ4n) is 2.61. The van der Waals surface area contributed by atoms with Crippen LogP contribution in [0.5, 0.6) is 0 Å². The molecule has 1 amide bonds. The number of carbonyl (C=O) groups is 1. The largest absolute Gasteiger partial charge is 0.379 e. The average Bonchev–Trinajstić information content (AvgIpc) is 2.68. The molecule has 1 aromatic heterocycles. The van der Waals surface area contributed by atoms with E-state index in [-0.39, 0.29) is 5.91 Å². The van der Waals surface area contributed by atoms with Gasteiger partial charge in [0.05, 0.1) is 18.8 Å². The molecule has 2 aromatic rings. The SMILES string of the molecule is O=C(NCc1ccccc1Cl)c1cnc(NCCN2CCOCC2)nc1. The molecule has 0 spiro atoms. The number of hydrogen-bond donors (Lipinski definition) is 2.